The standard InChI is InChI=1S/C14H14ClN/c1-2-10-3-5-11(6-4-10)13-8-7-12(15)9-14(13)16/h3-9H,2,16H2,1H3. The van der Waals surface area contributed by atoms with Crippen molar-refractivity contribution >= 4 is 17.3 Å². The molecule has 2 N–H and O–H groups in total. The molecule has 2 aromatic rings. The van der Waals surface area contributed by atoms with E-state index < -0.39 is 0 Å². The molecular formula is C14H14ClN. The lowest BCUT2D eigenvalue weighted by atomic mass is 10.0. The molecule has 2 aromatic carbocycles. The maximum absolute atomic E-state index is 5.94. The third kappa shape index (κ3) is 2.20. The molecule has 0 radical (unpaired) electrons. The van der Waals surface area contributed by atoms with Crippen LogP contribution in [0.5, 0.6) is 0 Å². The lowest BCUT2D eigenvalue weighted by Gasteiger charge is -2.07. The molecule has 2 rings (SSSR count). The van der Waals surface area contributed by atoms with Crippen molar-refractivity contribution in [1.29, 1.82) is 0 Å². The Labute approximate surface area is 101 Å². The van der Waals surface area contributed by atoms with Gasteiger partial charge in [0.2, 0.25) is 0 Å². The Bertz CT molecular complexity index is 489. The molecule has 1 nitrogen and oxygen atoms in total. The van der Waals surface area contributed by atoms with Gasteiger partial charge in [0.05, 0.1) is 0 Å². The maximum atomic E-state index is 5.94. The van der Waals surface area contributed by atoms with Crippen molar-refractivity contribution in [3.63, 3.8) is 0 Å². The minimum atomic E-state index is 0.673. The Morgan fingerprint density at radius 3 is 2.31 bits per heavy atom. The highest BCUT2D eigenvalue weighted by atomic mass is 35.5. The first-order chi connectivity index (χ1) is 7.70. The number of rotatable bonds is 2. The first kappa shape index (κ1) is 11.0. The molecule has 2 heteroatoms. The number of anilines is 1. The largest absolute Gasteiger partial charge is 0.398 e. The zero-order chi connectivity index (χ0) is 11.5. The molecule has 0 aromatic heterocycles. The molecule has 82 valence electrons. The second kappa shape index (κ2) is 4.58. The van der Waals surface area contributed by atoms with Crippen molar-refractivity contribution in [2.24, 2.45) is 0 Å². The molecule has 0 amide bonds. The molecule has 0 spiro atoms. The van der Waals surface area contributed by atoms with Gasteiger partial charge in [-0.15, -0.1) is 0 Å². The van der Waals surface area contributed by atoms with Crippen molar-refractivity contribution in [1.82, 2.24) is 0 Å². The summed E-state index contributed by atoms with van der Waals surface area (Å²) in [6.45, 7) is 2.14. The third-order valence-corrected chi connectivity index (χ3v) is 2.92. The Balaban J connectivity index is 2.42. The quantitative estimate of drug-likeness (QED) is 0.772. The summed E-state index contributed by atoms with van der Waals surface area (Å²) >= 11 is 5.87. The Kier molecular flexibility index (Phi) is 3.16. The van der Waals surface area contributed by atoms with Crippen LogP contribution in [0.4, 0.5) is 5.69 Å². The first-order valence-electron chi connectivity index (χ1n) is 5.35. The summed E-state index contributed by atoms with van der Waals surface area (Å²) in [5.41, 5.74) is 10.2. The second-order valence-electron chi connectivity index (χ2n) is 3.78. The lowest BCUT2D eigenvalue weighted by molar-refractivity contribution is 1.14. The summed E-state index contributed by atoms with van der Waals surface area (Å²) in [6, 6.07) is 14.0. The molecular weight excluding hydrogens is 218 g/mol. The molecule has 0 aliphatic carbocycles. The van der Waals surface area contributed by atoms with Crippen molar-refractivity contribution in [2.45, 2.75) is 13.3 Å². The van der Waals surface area contributed by atoms with E-state index in [0.717, 1.165) is 23.2 Å². The van der Waals surface area contributed by atoms with Crippen LogP contribution >= 0.6 is 11.6 Å². The highest BCUT2D eigenvalue weighted by Gasteiger charge is 2.02. The predicted octanol–water partition coefficient (Wildman–Crippen LogP) is 4.15. The fraction of sp³-hybridized carbons (Fsp3) is 0.143. The van der Waals surface area contributed by atoms with Gasteiger partial charge in [0, 0.05) is 16.3 Å². The number of benzene rings is 2. The van der Waals surface area contributed by atoms with Gasteiger partial charge in [-0.2, -0.15) is 0 Å². The molecule has 0 fully saturated rings. The Hall–Kier alpha value is -1.47. The maximum Gasteiger partial charge on any atom is 0.0426 e. The van der Waals surface area contributed by atoms with Gasteiger partial charge in [-0.1, -0.05) is 48.9 Å². The van der Waals surface area contributed by atoms with E-state index in [1.54, 1.807) is 6.07 Å². The fourth-order valence-corrected chi connectivity index (χ4v) is 1.90. The van der Waals surface area contributed by atoms with E-state index in [0.29, 0.717) is 5.02 Å². The number of nitrogen functional groups attached to an aromatic ring is 1. The third-order valence-electron chi connectivity index (χ3n) is 2.69. The van der Waals surface area contributed by atoms with Crippen molar-refractivity contribution in [3.8, 4) is 11.1 Å². The van der Waals surface area contributed by atoms with E-state index in [1.165, 1.54) is 5.56 Å². The van der Waals surface area contributed by atoms with Gasteiger partial charge >= 0.3 is 0 Å². The molecule has 0 bridgehead atoms. The summed E-state index contributed by atoms with van der Waals surface area (Å²) < 4.78 is 0. The number of hydrogen-bond donors (Lipinski definition) is 1. The fourth-order valence-electron chi connectivity index (χ4n) is 1.72. The van der Waals surface area contributed by atoms with E-state index in [1.807, 2.05) is 12.1 Å². The normalized spacial score (nSPS) is 10.4. The number of nitrogens with two attached hydrogens (primary N) is 1. The van der Waals surface area contributed by atoms with Gasteiger partial charge in [0.25, 0.3) is 0 Å². The van der Waals surface area contributed by atoms with Crippen molar-refractivity contribution in [3.05, 3.63) is 53.1 Å². The average molecular weight is 232 g/mol. The van der Waals surface area contributed by atoms with Crippen LogP contribution in [0.1, 0.15) is 12.5 Å². The summed E-state index contributed by atoms with van der Waals surface area (Å²) in [7, 11) is 0. The van der Waals surface area contributed by atoms with E-state index in [-0.39, 0.29) is 0 Å². The molecule has 0 unspecified atom stereocenters. The van der Waals surface area contributed by atoms with Crippen LogP contribution < -0.4 is 5.73 Å². The summed E-state index contributed by atoms with van der Waals surface area (Å²) in [5, 5.41) is 0.673. The lowest BCUT2D eigenvalue weighted by Crippen LogP contribution is -1.90. The summed E-state index contributed by atoms with van der Waals surface area (Å²) in [5.74, 6) is 0. The van der Waals surface area contributed by atoms with E-state index in [9.17, 15) is 0 Å². The molecule has 0 atom stereocenters. The van der Waals surface area contributed by atoms with Crippen molar-refractivity contribution in [2.75, 3.05) is 5.73 Å². The average Bonchev–Trinajstić information content (AvgIpc) is 2.29. The van der Waals surface area contributed by atoms with Crippen LogP contribution in [-0.4, -0.2) is 0 Å². The minimum absolute atomic E-state index is 0.673. The molecule has 0 aliphatic heterocycles. The summed E-state index contributed by atoms with van der Waals surface area (Å²) in [6.07, 6.45) is 1.05. The van der Waals surface area contributed by atoms with Crippen LogP contribution in [0, 0.1) is 0 Å². The molecule has 0 heterocycles. The Morgan fingerprint density at radius 2 is 1.75 bits per heavy atom. The zero-order valence-electron chi connectivity index (χ0n) is 9.20. The van der Waals surface area contributed by atoms with Crippen LogP contribution in [0.25, 0.3) is 11.1 Å². The zero-order valence-corrected chi connectivity index (χ0v) is 9.96. The van der Waals surface area contributed by atoms with E-state index in [2.05, 4.69) is 31.2 Å². The highest BCUT2D eigenvalue weighted by Crippen LogP contribution is 2.28. The van der Waals surface area contributed by atoms with Gasteiger partial charge in [0.1, 0.15) is 0 Å². The van der Waals surface area contributed by atoms with E-state index >= 15 is 0 Å². The summed E-state index contributed by atoms with van der Waals surface area (Å²) in [4.78, 5) is 0. The molecule has 0 aliphatic rings. The Morgan fingerprint density at radius 1 is 1.06 bits per heavy atom. The molecule has 0 saturated carbocycles. The molecule has 0 saturated heterocycles. The van der Waals surface area contributed by atoms with E-state index in [4.69, 9.17) is 17.3 Å². The topological polar surface area (TPSA) is 26.0 Å². The van der Waals surface area contributed by atoms with Gasteiger partial charge in [-0.05, 0) is 29.7 Å². The van der Waals surface area contributed by atoms with Crippen molar-refractivity contribution < 1.29 is 0 Å². The smallest absolute Gasteiger partial charge is 0.0426 e. The minimum Gasteiger partial charge on any atom is -0.398 e. The van der Waals surface area contributed by atoms with Crippen LogP contribution in [-0.2, 0) is 6.42 Å². The first-order valence-corrected chi connectivity index (χ1v) is 5.73. The highest BCUT2D eigenvalue weighted by molar-refractivity contribution is 6.31. The van der Waals surface area contributed by atoms with Crippen LogP contribution in [0.3, 0.4) is 0 Å². The number of hydrogen-bond acceptors (Lipinski definition) is 1. The van der Waals surface area contributed by atoms with Crippen LogP contribution in [0.15, 0.2) is 42.5 Å². The van der Waals surface area contributed by atoms with Gasteiger partial charge in [-0.3, -0.25) is 0 Å². The number of aryl methyl sites for hydroxylation is 1. The SMILES string of the molecule is CCc1ccc(-c2ccc(Cl)cc2N)cc1. The predicted molar refractivity (Wildman–Crippen MR) is 70.7 cm³/mol. The monoisotopic (exact) mass is 231 g/mol. The van der Waals surface area contributed by atoms with Gasteiger partial charge in [-0.25, -0.2) is 0 Å². The van der Waals surface area contributed by atoms with Crippen LogP contribution in [0.2, 0.25) is 5.02 Å². The second-order valence-corrected chi connectivity index (χ2v) is 4.22. The van der Waals surface area contributed by atoms with Gasteiger partial charge < -0.3 is 5.73 Å². The molecule has 16 heavy (non-hydrogen) atoms. The van der Waals surface area contributed by atoms with Gasteiger partial charge in [0.15, 0.2) is 0 Å². The number of halogens is 1.